The molecular formula is C20H29NO7. The molecule has 2 saturated heterocycles. The minimum Gasteiger partial charge on any atom is -0.493 e. The molecule has 1 aromatic carbocycles. The minimum atomic E-state index is -0.674. The molecule has 2 fully saturated rings. The fourth-order valence-corrected chi connectivity index (χ4v) is 3.69. The predicted octanol–water partition coefficient (Wildman–Crippen LogP) is 1.45. The van der Waals surface area contributed by atoms with E-state index < -0.39 is 12.1 Å². The van der Waals surface area contributed by atoms with Crippen molar-refractivity contribution >= 4 is 5.97 Å². The molecule has 1 N–H and O–H groups in total. The highest BCUT2D eigenvalue weighted by atomic mass is 16.7. The van der Waals surface area contributed by atoms with Gasteiger partial charge in [0.25, 0.3) is 0 Å². The number of hydrogen-bond acceptors (Lipinski definition) is 8. The molecule has 0 saturated carbocycles. The molecular weight excluding hydrogens is 366 g/mol. The Labute approximate surface area is 165 Å². The Hall–Kier alpha value is -1.87. The molecule has 28 heavy (non-hydrogen) atoms. The summed E-state index contributed by atoms with van der Waals surface area (Å²) >= 11 is 0. The number of methoxy groups -OCH3 is 2. The summed E-state index contributed by atoms with van der Waals surface area (Å²) in [6.07, 6.45) is 2.35. The van der Waals surface area contributed by atoms with Crippen LogP contribution in [0.4, 0.5) is 0 Å². The van der Waals surface area contributed by atoms with E-state index in [4.69, 9.17) is 23.7 Å². The van der Waals surface area contributed by atoms with Crippen molar-refractivity contribution in [1.82, 2.24) is 4.90 Å². The molecule has 8 heteroatoms. The second-order valence-corrected chi connectivity index (χ2v) is 6.99. The molecule has 1 aromatic rings. The Balaban J connectivity index is 1.55. The first-order valence-electron chi connectivity index (χ1n) is 9.67. The Kier molecular flexibility index (Phi) is 7.50. The molecule has 2 aliphatic rings. The number of likely N-dealkylation sites (tertiary alicyclic amines) is 1. The van der Waals surface area contributed by atoms with E-state index in [0.29, 0.717) is 36.8 Å². The summed E-state index contributed by atoms with van der Waals surface area (Å²) in [5, 5.41) is 10.5. The standard InChI is InChI=1S/C20H29NO7/c1-24-18-11-14(19(23)25-2)6-7-17(18)28-13-15(22)12-21-8-4-3-5-16(21)20-26-9-10-27-20/h6-7,11,15-16,20,22H,3-5,8-10,12-13H2,1-2H3. The van der Waals surface area contributed by atoms with E-state index in [9.17, 15) is 9.90 Å². The van der Waals surface area contributed by atoms with Crippen LogP contribution in [0, 0.1) is 0 Å². The van der Waals surface area contributed by atoms with Crippen LogP contribution < -0.4 is 9.47 Å². The summed E-state index contributed by atoms with van der Waals surface area (Å²) in [7, 11) is 2.82. The van der Waals surface area contributed by atoms with Crippen LogP contribution in [0.1, 0.15) is 29.6 Å². The van der Waals surface area contributed by atoms with Crippen molar-refractivity contribution in [2.75, 3.05) is 47.1 Å². The zero-order chi connectivity index (χ0) is 19.9. The van der Waals surface area contributed by atoms with Crippen LogP contribution in [0.2, 0.25) is 0 Å². The normalized spacial score (nSPS) is 22.0. The third-order valence-corrected chi connectivity index (χ3v) is 5.09. The van der Waals surface area contributed by atoms with Gasteiger partial charge >= 0.3 is 5.97 Å². The Morgan fingerprint density at radius 2 is 2.04 bits per heavy atom. The number of nitrogens with zero attached hydrogens (tertiary/aromatic N) is 1. The van der Waals surface area contributed by atoms with Gasteiger partial charge in [-0.15, -0.1) is 0 Å². The van der Waals surface area contributed by atoms with Gasteiger partial charge in [-0.05, 0) is 37.6 Å². The monoisotopic (exact) mass is 395 g/mol. The van der Waals surface area contributed by atoms with Gasteiger partial charge in [0.15, 0.2) is 17.8 Å². The van der Waals surface area contributed by atoms with Gasteiger partial charge in [-0.25, -0.2) is 4.79 Å². The number of esters is 1. The lowest BCUT2D eigenvalue weighted by Crippen LogP contribution is -2.50. The summed E-state index contributed by atoms with van der Waals surface area (Å²) in [5.41, 5.74) is 0.375. The van der Waals surface area contributed by atoms with Gasteiger partial charge in [-0.1, -0.05) is 6.42 Å². The van der Waals surface area contributed by atoms with Crippen LogP contribution in [0.15, 0.2) is 18.2 Å². The number of ether oxygens (including phenoxy) is 5. The van der Waals surface area contributed by atoms with E-state index in [1.807, 2.05) is 0 Å². The SMILES string of the molecule is COC(=O)c1ccc(OCC(O)CN2CCCCC2C2OCCO2)c(OC)c1. The van der Waals surface area contributed by atoms with Crippen LogP contribution >= 0.6 is 0 Å². The highest BCUT2D eigenvalue weighted by molar-refractivity contribution is 5.90. The van der Waals surface area contributed by atoms with Crippen LogP contribution in [-0.4, -0.2) is 81.5 Å². The molecule has 2 heterocycles. The van der Waals surface area contributed by atoms with E-state index in [0.717, 1.165) is 25.8 Å². The van der Waals surface area contributed by atoms with Crippen molar-refractivity contribution < 1.29 is 33.6 Å². The zero-order valence-electron chi connectivity index (χ0n) is 16.5. The molecule has 156 valence electrons. The molecule has 3 rings (SSSR count). The number of piperidine rings is 1. The van der Waals surface area contributed by atoms with Crippen LogP contribution in [-0.2, 0) is 14.2 Å². The highest BCUT2D eigenvalue weighted by Gasteiger charge is 2.34. The van der Waals surface area contributed by atoms with Gasteiger partial charge in [-0.2, -0.15) is 0 Å². The topological polar surface area (TPSA) is 86.7 Å². The lowest BCUT2D eigenvalue weighted by Gasteiger charge is -2.38. The average molecular weight is 395 g/mol. The number of aliphatic hydroxyl groups excluding tert-OH is 1. The predicted molar refractivity (Wildman–Crippen MR) is 101 cm³/mol. The number of hydrogen-bond donors (Lipinski definition) is 1. The second kappa shape index (κ2) is 10.1. The Morgan fingerprint density at radius 3 is 2.75 bits per heavy atom. The van der Waals surface area contributed by atoms with Crippen molar-refractivity contribution in [2.45, 2.75) is 37.7 Å². The summed E-state index contributed by atoms with van der Waals surface area (Å²) in [6, 6.07) is 4.97. The van der Waals surface area contributed by atoms with Crippen molar-refractivity contribution in [2.24, 2.45) is 0 Å². The highest BCUT2D eigenvalue weighted by Crippen LogP contribution is 2.29. The first kappa shape index (κ1) is 20.9. The third-order valence-electron chi connectivity index (χ3n) is 5.09. The molecule has 0 spiro atoms. The number of carbonyl (C=O) groups excluding carboxylic acids is 1. The molecule has 2 aliphatic heterocycles. The van der Waals surface area contributed by atoms with E-state index in [1.54, 1.807) is 18.2 Å². The van der Waals surface area contributed by atoms with E-state index in [2.05, 4.69) is 4.90 Å². The average Bonchev–Trinajstić information content (AvgIpc) is 3.26. The van der Waals surface area contributed by atoms with Gasteiger partial charge < -0.3 is 28.8 Å². The number of benzene rings is 1. The zero-order valence-corrected chi connectivity index (χ0v) is 16.5. The second-order valence-electron chi connectivity index (χ2n) is 6.99. The van der Waals surface area contributed by atoms with Gasteiger partial charge in [0.1, 0.15) is 12.7 Å². The maximum Gasteiger partial charge on any atom is 0.337 e. The third kappa shape index (κ3) is 5.14. The molecule has 0 amide bonds. The van der Waals surface area contributed by atoms with Crippen molar-refractivity contribution in [1.29, 1.82) is 0 Å². The maximum absolute atomic E-state index is 11.6. The summed E-state index contributed by atoms with van der Waals surface area (Å²) in [5.74, 6) is 0.433. The lowest BCUT2D eigenvalue weighted by molar-refractivity contribution is -0.115. The number of carbonyl (C=O) groups is 1. The summed E-state index contributed by atoms with van der Waals surface area (Å²) in [4.78, 5) is 13.9. The fraction of sp³-hybridized carbons (Fsp3) is 0.650. The first-order valence-corrected chi connectivity index (χ1v) is 9.67. The van der Waals surface area contributed by atoms with Gasteiger partial charge in [-0.3, -0.25) is 4.90 Å². The molecule has 0 aliphatic carbocycles. The van der Waals surface area contributed by atoms with Crippen molar-refractivity contribution in [3.05, 3.63) is 23.8 Å². The summed E-state index contributed by atoms with van der Waals surface area (Å²) < 4.78 is 27.1. The first-order chi connectivity index (χ1) is 13.6. The smallest absolute Gasteiger partial charge is 0.337 e. The fourth-order valence-electron chi connectivity index (χ4n) is 3.69. The van der Waals surface area contributed by atoms with Gasteiger partial charge in [0, 0.05) is 6.54 Å². The molecule has 2 unspecified atom stereocenters. The molecule has 0 bridgehead atoms. The van der Waals surface area contributed by atoms with Crippen LogP contribution in [0.25, 0.3) is 0 Å². The summed E-state index contributed by atoms with van der Waals surface area (Å²) in [6.45, 7) is 2.76. The van der Waals surface area contributed by atoms with Crippen molar-refractivity contribution in [3.8, 4) is 11.5 Å². The molecule has 0 radical (unpaired) electrons. The van der Waals surface area contributed by atoms with Gasteiger partial charge in [0.05, 0.1) is 39.0 Å². The Morgan fingerprint density at radius 1 is 1.25 bits per heavy atom. The number of β-amino-alcohol motifs (C(OH)–C–C–N with tert-alkyl or cyclic N) is 1. The molecule has 8 nitrogen and oxygen atoms in total. The van der Waals surface area contributed by atoms with Crippen molar-refractivity contribution in [3.63, 3.8) is 0 Å². The van der Waals surface area contributed by atoms with Gasteiger partial charge in [0.2, 0.25) is 0 Å². The van der Waals surface area contributed by atoms with E-state index >= 15 is 0 Å². The number of aliphatic hydroxyl groups is 1. The molecule has 0 aromatic heterocycles. The van der Waals surface area contributed by atoms with E-state index in [-0.39, 0.29) is 18.9 Å². The largest absolute Gasteiger partial charge is 0.493 e. The minimum absolute atomic E-state index is 0.115. The van der Waals surface area contributed by atoms with Crippen LogP contribution in [0.5, 0.6) is 11.5 Å². The Bertz CT molecular complexity index is 647. The number of rotatable bonds is 8. The molecule has 2 atom stereocenters. The maximum atomic E-state index is 11.6. The van der Waals surface area contributed by atoms with Crippen LogP contribution in [0.3, 0.4) is 0 Å². The van der Waals surface area contributed by atoms with E-state index in [1.165, 1.54) is 14.2 Å². The lowest BCUT2D eigenvalue weighted by atomic mass is 10.0. The quantitative estimate of drug-likeness (QED) is 0.662.